The lowest BCUT2D eigenvalue weighted by Gasteiger charge is -2.23. The molecule has 0 unspecified atom stereocenters. The molecule has 0 aromatic carbocycles. The average Bonchev–Trinajstić information content (AvgIpc) is 3.21. The van der Waals surface area contributed by atoms with E-state index in [2.05, 4.69) is 34.3 Å². The van der Waals surface area contributed by atoms with Crippen LogP contribution in [0.1, 0.15) is 64.0 Å². The van der Waals surface area contributed by atoms with Gasteiger partial charge in [-0.3, -0.25) is 4.98 Å². The number of hydrazine groups is 1. The van der Waals surface area contributed by atoms with E-state index in [4.69, 9.17) is 20.8 Å². The van der Waals surface area contributed by atoms with Gasteiger partial charge in [-0.25, -0.2) is 5.84 Å². The zero-order valence-corrected chi connectivity index (χ0v) is 18.8. The summed E-state index contributed by atoms with van der Waals surface area (Å²) in [7, 11) is 1.73. The molecule has 2 heterocycles. The predicted octanol–water partition coefficient (Wildman–Crippen LogP) is 3.31. The molecule has 0 radical (unpaired) electrons. The van der Waals surface area contributed by atoms with Gasteiger partial charge in [-0.05, 0) is 55.3 Å². The second kappa shape index (κ2) is 11.0. The van der Waals surface area contributed by atoms with Gasteiger partial charge in [0.25, 0.3) is 5.95 Å². The van der Waals surface area contributed by atoms with Crippen LogP contribution in [0.25, 0.3) is 5.70 Å². The number of aromatic nitrogens is 3. The molecule has 0 saturated heterocycles. The number of aryl methyl sites for hydroxylation is 1. The molecular formula is C22H35N7O2. The molecule has 9 heteroatoms. The lowest BCUT2D eigenvalue weighted by atomic mass is 9.98. The molecule has 31 heavy (non-hydrogen) atoms. The summed E-state index contributed by atoms with van der Waals surface area (Å²) in [6.45, 7) is 4.66. The van der Waals surface area contributed by atoms with Crippen molar-refractivity contribution in [2.45, 2.75) is 64.9 Å². The number of ether oxygens (including phenoxy) is 1. The third kappa shape index (κ3) is 6.85. The van der Waals surface area contributed by atoms with Gasteiger partial charge < -0.3 is 25.3 Å². The van der Waals surface area contributed by atoms with Crippen LogP contribution >= 0.6 is 0 Å². The van der Waals surface area contributed by atoms with Gasteiger partial charge in [-0.1, -0.05) is 20.3 Å². The van der Waals surface area contributed by atoms with Crippen LogP contribution in [0.15, 0.2) is 28.5 Å². The highest BCUT2D eigenvalue weighted by atomic mass is 16.5. The smallest absolute Gasteiger partial charge is 0.263 e. The van der Waals surface area contributed by atoms with E-state index in [-0.39, 0.29) is 6.10 Å². The van der Waals surface area contributed by atoms with Gasteiger partial charge in [0, 0.05) is 13.5 Å². The van der Waals surface area contributed by atoms with Gasteiger partial charge >= 0.3 is 0 Å². The van der Waals surface area contributed by atoms with E-state index in [1.807, 2.05) is 12.1 Å². The van der Waals surface area contributed by atoms with Crippen molar-refractivity contribution in [3.63, 3.8) is 0 Å². The first kappa shape index (κ1) is 22.9. The Kier molecular flexibility index (Phi) is 8.11. The lowest BCUT2D eigenvalue weighted by molar-refractivity contribution is 0.154. The zero-order valence-electron chi connectivity index (χ0n) is 18.8. The monoisotopic (exact) mass is 429 g/mol. The molecule has 0 bridgehead atoms. The van der Waals surface area contributed by atoms with Crippen molar-refractivity contribution in [3.05, 3.63) is 35.6 Å². The number of rotatable bonds is 10. The number of hydrogen-bond acceptors (Lipinski definition) is 9. The molecule has 170 valence electrons. The van der Waals surface area contributed by atoms with Crippen molar-refractivity contribution < 1.29 is 9.26 Å². The second-order valence-electron chi connectivity index (χ2n) is 8.53. The fourth-order valence-electron chi connectivity index (χ4n) is 3.55. The number of pyridine rings is 1. The molecule has 3 rings (SSSR count). The SMILES string of the molecule is CC(C)CCc1nc(NC/C(=C(/N)c2ccc(OC3CCCCC3)cn2)N(C)N)no1. The first-order valence-electron chi connectivity index (χ1n) is 11.1. The maximum Gasteiger partial charge on any atom is 0.263 e. The fraction of sp³-hybridized carbons (Fsp3) is 0.591. The summed E-state index contributed by atoms with van der Waals surface area (Å²) in [5, 5.41) is 8.56. The highest BCUT2D eigenvalue weighted by molar-refractivity contribution is 5.63. The highest BCUT2D eigenvalue weighted by Gasteiger charge is 2.16. The van der Waals surface area contributed by atoms with Crippen LogP contribution in [0.4, 0.5) is 5.95 Å². The largest absolute Gasteiger partial charge is 0.489 e. The summed E-state index contributed by atoms with van der Waals surface area (Å²) < 4.78 is 11.3. The Morgan fingerprint density at radius 2 is 2.06 bits per heavy atom. The van der Waals surface area contributed by atoms with E-state index in [1.165, 1.54) is 24.3 Å². The van der Waals surface area contributed by atoms with Crippen LogP contribution in [-0.2, 0) is 6.42 Å². The molecule has 5 N–H and O–H groups in total. The fourth-order valence-corrected chi connectivity index (χ4v) is 3.55. The van der Waals surface area contributed by atoms with Gasteiger partial charge in [0.05, 0.1) is 35.9 Å². The molecule has 1 saturated carbocycles. The van der Waals surface area contributed by atoms with Crippen LogP contribution in [0.5, 0.6) is 5.75 Å². The number of anilines is 1. The molecule has 1 aliphatic rings. The summed E-state index contributed by atoms with van der Waals surface area (Å²) in [6, 6.07) is 3.76. The van der Waals surface area contributed by atoms with E-state index >= 15 is 0 Å². The van der Waals surface area contributed by atoms with Crippen LogP contribution < -0.4 is 21.6 Å². The average molecular weight is 430 g/mol. The van der Waals surface area contributed by atoms with Crippen LogP contribution in [0.2, 0.25) is 0 Å². The minimum atomic E-state index is 0.282. The van der Waals surface area contributed by atoms with Gasteiger partial charge in [0.15, 0.2) is 0 Å². The van der Waals surface area contributed by atoms with Gasteiger partial charge in [-0.2, -0.15) is 4.98 Å². The third-order valence-electron chi connectivity index (χ3n) is 5.42. The Labute approximate surface area is 184 Å². The Balaban J connectivity index is 1.62. The van der Waals surface area contributed by atoms with Gasteiger partial charge in [0.2, 0.25) is 5.89 Å². The number of likely N-dealkylation sites (N-methyl/N-ethyl adjacent to an activating group) is 1. The molecule has 1 fully saturated rings. The minimum Gasteiger partial charge on any atom is -0.489 e. The predicted molar refractivity (Wildman–Crippen MR) is 121 cm³/mol. The maximum absolute atomic E-state index is 6.38. The number of nitrogens with one attached hydrogen (secondary N) is 1. The van der Waals surface area contributed by atoms with Gasteiger partial charge in [-0.15, -0.1) is 0 Å². The maximum atomic E-state index is 6.38. The lowest BCUT2D eigenvalue weighted by Crippen LogP contribution is -2.32. The Morgan fingerprint density at radius 3 is 2.71 bits per heavy atom. The minimum absolute atomic E-state index is 0.282. The third-order valence-corrected chi connectivity index (χ3v) is 5.42. The quantitative estimate of drug-likeness (QED) is 0.385. The number of nitrogens with two attached hydrogens (primary N) is 2. The van der Waals surface area contributed by atoms with Crippen molar-refractivity contribution in [1.82, 2.24) is 20.1 Å². The van der Waals surface area contributed by atoms with E-state index < -0.39 is 0 Å². The standard InChI is InChI=1S/C22H35N7O2/c1-15(2)9-12-20-27-22(28-31-20)26-14-19(29(3)24)21(23)18-11-10-17(13-25-18)30-16-7-5-4-6-8-16/h10-11,13,15-16H,4-9,12,14,23-24H2,1-3H3,(H,26,28)/b21-19-. The summed E-state index contributed by atoms with van der Waals surface area (Å²) in [4.78, 5) is 8.85. The topological polar surface area (TPSA) is 128 Å². The molecule has 2 aromatic heterocycles. The summed E-state index contributed by atoms with van der Waals surface area (Å²) in [6.07, 6.45) is 9.72. The molecule has 0 aliphatic heterocycles. The van der Waals surface area contributed by atoms with Crippen molar-refractivity contribution in [2.24, 2.45) is 17.5 Å². The number of hydrogen-bond donors (Lipinski definition) is 3. The summed E-state index contributed by atoms with van der Waals surface area (Å²) >= 11 is 0. The van der Waals surface area contributed by atoms with Crippen LogP contribution in [-0.4, -0.2) is 39.8 Å². The highest BCUT2D eigenvalue weighted by Crippen LogP contribution is 2.24. The molecule has 0 amide bonds. The van der Waals surface area contributed by atoms with E-state index in [0.717, 1.165) is 31.4 Å². The Bertz CT molecular complexity index is 840. The molecule has 0 atom stereocenters. The van der Waals surface area contributed by atoms with Crippen molar-refractivity contribution >= 4 is 11.6 Å². The van der Waals surface area contributed by atoms with E-state index in [1.54, 1.807) is 13.2 Å². The van der Waals surface area contributed by atoms with Crippen molar-refractivity contribution in [1.29, 1.82) is 0 Å². The molecule has 0 spiro atoms. The van der Waals surface area contributed by atoms with E-state index in [0.29, 0.717) is 41.4 Å². The molecule has 2 aromatic rings. The number of nitrogens with zero attached hydrogens (tertiary/aromatic N) is 4. The first-order valence-corrected chi connectivity index (χ1v) is 11.1. The first-order chi connectivity index (χ1) is 14.9. The summed E-state index contributed by atoms with van der Waals surface area (Å²) in [5.41, 5.74) is 8.16. The Morgan fingerprint density at radius 1 is 1.29 bits per heavy atom. The second-order valence-corrected chi connectivity index (χ2v) is 8.53. The van der Waals surface area contributed by atoms with E-state index in [9.17, 15) is 0 Å². The molecule has 9 nitrogen and oxygen atoms in total. The van der Waals surface area contributed by atoms with Crippen molar-refractivity contribution in [2.75, 3.05) is 18.9 Å². The van der Waals surface area contributed by atoms with Gasteiger partial charge in [0.1, 0.15) is 5.75 Å². The van der Waals surface area contributed by atoms with Crippen molar-refractivity contribution in [3.8, 4) is 5.75 Å². The Hall–Kier alpha value is -2.81. The molecular weight excluding hydrogens is 394 g/mol. The summed E-state index contributed by atoms with van der Waals surface area (Å²) in [5.74, 6) is 8.39. The zero-order chi connectivity index (χ0) is 22.2. The molecule has 1 aliphatic carbocycles. The van der Waals surface area contributed by atoms with Crippen LogP contribution in [0, 0.1) is 5.92 Å². The normalized spacial score (nSPS) is 15.6. The van der Waals surface area contributed by atoms with Crippen LogP contribution in [0.3, 0.4) is 0 Å².